The zero-order valence-electron chi connectivity index (χ0n) is 13.1. The maximum absolute atomic E-state index is 14.4. The zero-order valence-corrected chi connectivity index (χ0v) is 13.1. The molecule has 1 N–H and O–H groups in total. The van der Waals surface area contributed by atoms with E-state index in [2.05, 4.69) is 5.32 Å². The molecule has 3 aromatic rings. The molecular weight excluding hydrogens is 322 g/mol. The highest BCUT2D eigenvalue weighted by molar-refractivity contribution is 6.10. The fraction of sp³-hybridized carbons (Fsp3) is 0.0500. The number of fused-ring (bicyclic) bond motifs is 1. The van der Waals surface area contributed by atoms with Crippen molar-refractivity contribution in [3.8, 4) is 0 Å². The summed E-state index contributed by atoms with van der Waals surface area (Å²) in [5, 5.41) is 3.13. The van der Waals surface area contributed by atoms with Gasteiger partial charge >= 0.3 is 0 Å². The van der Waals surface area contributed by atoms with Crippen molar-refractivity contribution in [3.63, 3.8) is 0 Å². The molecule has 124 valence electrons. The molecule has 0 aliphatic carbocycles. The number of rotatable bonds is 2. The summed E-state index contributed by atoms with van der Waals surface area (Å²) in [6, 6.07) is 18.3. The maximum Gasteiger partial charge on any atom is 0.258 e. The van der Waals surface area contributed by atoms with Gasteiger partial charge in [-0.15, -0.1) is 0 Å². The lowest BCUT2D eigenvalue weighted by atomic mass is 10.0. The summed E-state index contributed by atoms with van der Waals surface area (Å²) in [6.45, 7) is 0. The number of nitrogens with zero attached hydrogens (tertiary/aromatic N) is 1. The number of carbonyl (C=O) groups excluding carboxylic acids is 1. The Morgan fingerprint density at radius 1 is 0.840 bits per heavy atom. The first-order chi connectivity index (χ1) is 12.1. The molecule has 1 heterocycles. The normalized spacial score (nSPS) is 16.3. The van der Waals surface area contributed by atoms with Crippen LogP contribution < -0.4 is 10.2 Å². The van der Waals surface area contributed by atoms with Crippen molar-refractivity contribution in [2.24, 2.45) is 0 Å². The molecule has 5 heteroatoms. The van der Waals surface area contributed by atoms with Gasteiger partial charge < -0.3 is 5.32 Å². The number of hydrogen-bond acceptors (Lipinski definition) is 2. The highest BCUT2D eigenvalue weighted by atomic mass is 19.1. The zero-order chi connectivity index (χ0) is 17.4. The molecule has 0 spiro atoms. The van der Waals surface area contributed by atoms with E-state index < -0.39 is 17.7 Å². The Labute approximate surface area is 143 Å². The van der Waals surface area contributed by atoms with Crippen LogP contribution >= 0.6 is 0 Å². The fourth-order valence-corrected chi connectivity index (χ4v) is 3.05. The van der Waals surface area contributed by atoms with Crippen molar-refractivity contribution in [1.29, 1.82) is 0 Å². The third-order valence-electron chi connectivity index (χ3n) is 4.19. The van der Waals surface area contributed by atoms with E-state index >= 15 is 0 Å². The Morgan fingerprint density at radius 2 is 1.56 bits per heavy atom. The Hall–Kier alpha value is -3.21. The summed E-state index contributed by atoms with van der Waals surface area (Å²) in [6.07, 6.45) is 0. The Kier molecular flexibility index (Phi) is 3.69. The highest BCUT2D eigenvalue weighted by Gasteiger charge is 2.35. The molecule has 1 unspecified atom stereocenters. The van der Waals surface area contributed by atoms with Crippen molar-refractivity contribution >= 4 is 23.0 Å². The van der Waals surface area contributed by atoms with Crippen LogP contribution in [0, 0.1) is 11.6 Å². The van der Waals surface area contributed by atoms with E-state index in [-0.39, 0.29) is 11.6 Å². The lowest BCUT2D eigenvalue weighted by Gasteiger charge is -2.35. The third-order valence-corrected chi connectivity index (χ3v) is 4.19. The lowest BCUT2D eigenvalue weighted by molar-refractivity contribution is -0.119. The number of nitrogens with one attached hydrogen (secondary N) is 1. The van der Waals surface area contributed by atoms with Gasteiger partial charge in [0.15, 0.2) is 0 Å². The van der Waals surface area contributed by atoms with Gasteiger partial charge in [-0.2, -0.15) is 0 Å². The molecule has 0 bridgehead atoms. The van der Waals surface area contributed by atoms with Gasteiger partial charge in [-0.05, 0) is 42.0 Å². The van der Waals surface area contributed by atoms with Crippen molar-refractivity contribution in [1.82, 2.24) is 0 Å². The van der Waals surface area contributed by atoms with Crippen LogP contribution in [0.2, 0.25) is 0 Å². The number of hydrogen-bond donors (Lipinski definition) is 1. The first-order valence-corrected chi connectivity index (χ1v) is 7.85. The topological polar surface area (TPSA) is 32.3 Å². The van der Waals surface area contributed by atoms with Crippen LogP contribution in [0.15, 0.2) is 72.8 Å². The molecule has 4 rings (SSSR count). The minimum absolute atomic E-state index is 0.169. The second-order valence-corrected chi connectivity index (χ2v) is 5.77. The van der Waals surface area contributed by atoms with Crippen LogP contribution in [-0.2, 0) is 4.79 Å². The van der Waals surface area contributed by atoms with Gasteiger partial charge in [-0.25, -0.2) is 8.78 Å². The number of amides is 1. The first-order valence-electron chi connectivity index (χ1n) is 7.85. The van der Waals surface area contributed by atoms with Crippen molar-refractivity contribution in [3.05, 3.63) is 90.0 Å². The second-order valence-electron chi connectivity index (χ2n) is 5.77. The smallest absolute Gasteiger partial charge is 0.258 e. The van der Waals surface area contributed by atoms with Gasteiger partial charge in [0.25, 0.3) is 5.91 Å². The van der Waals surface area contributed by atoms with Crippen LogP contribution in [0.3, 0.4) is 0 Å². The standard InChI is InChI=1S/C20H14F2N2O/c21-14-7-5-6-13(12-14)19-20(25)24(17-10-3-1-8-15(17)22)18-11-4-2-9-16(18)23-19/h1-12,19,23H. The second kappa shape index (κ2) is 6.02. The maximum atomic E-state index is 14.4. The number of halogens is 2. The predicted molar refractivity (Wildman–Crippen MR) is 92.8 cm³/mol. The minimum atomic E-state index is -0.801. The molecule has 0 fully saturated rings. The van der Waals surface area contributed by atoms with Gasteiger partial charge in [0.1, 0.15) is 17.7 Å². The summed E-state index contributed by atoms with van der Waals surface area (Å²) >= 11 is 0. The number of benzene rings is 3. The van der Waals surface area contributed by atoms with E-state index in [4.69, 9.17) is 0 Å². The van der Waals surface area contributed by atoms with E-state index in [9.17, 15) is 13.6 Å². The average Bonchev–Trinajstić information content (AvgIpc) is 2.62. The van der Waals surface area contributed by atoms with Crippen LogP contribution in [0.4, 0.5) is 25.8 Å². The summed E-state index contributed by atoms with van der Waals surface area (Å²) in [4.78, 5) is 14.5. The quantitative estimate of drug-likeness (QED) is 0.729. The van der Waals surface area contributed by atoms with Gasteiger partial charge in [-0.1, -0.05) is 36.4 Å². The molecule has 3 aromatic carbocycles. The van der Waals surface area contributed by atoms with Crippen molar-refractivity contribution < 1.29 is 13.6 Å². The Balaban J connectivity index is 1.88. The van der Waals surface area contributed by atoms with Gasteiger partial charge in [0.2, 0.25) is 0 Å². The van der Waals surface area contributed by atoms with Gasteiger partial charge in [0.05, 0.1) is 17.1 Å². The molecular formula is C20H14F2N2O. The fourth-order valence-electron chi connectivity index (χ4n) is 3.05. The molecule has 25 heavy (non-hydrogen) atoms. The molecule has 0 radical (unpaired) electrons. The first kappa shape index (κ1) is 15.3. The minimum Gasteiger partial charge on any atom is -0.368 e. The summed E-state index contributed by atoms with van der Waals surface area (Å²) in [5.41, 5.74) is 1.90. The summed E-state index contributed by atoms with van der Waals surface area (Å²) < 4.78 is 28.0. The Morgan fingerprint density at radius 3 is 2.32 bits per heavy atom. The molecule has 1 aliphatic heterocycles. The van der Waals surface area contributed by atoms with Gasteiger partial charge in [0, 0.05) is 0 Å². The SMILES string of the molecule is O=C1C(c2cccc(F)c2)Nc2ccccc2N1c1ccccc1F. The predicted octanol–water partition coefficient (Wildman–Crippen LogP) is 4.80. The molecule has 0 saturated heterocycles. The summed E-state index contributed by atoms with van der Waals surface area (Å²) in [5.74, 6) is -1.29. The largest absolute Gasteiger partial charge is 0.368 e. The third kappa shape index (κ3) is 2.63. The van der Waals surface area contributed by atoms with E-state index in [0.29, 0.717) is 16.9 Å². The van der Waals surface area contributed by atoms with E-state index in [0.717, 1.165) is 0 Å². The lowest BCUT2D eigenvalue weighted by Crippen LogP contribution is -2.39. The monoisotopic (exact) mass is 336 g/mol. The Bertz CT molecular complexity index is 958. The van der Waals surface area contributed by atoms with Crippen LogP contribution in [-0.4, -0.2) is 5.91 Å². The summed E-state index contributed by atoms with van der Waals surface area (Å²) in [7, 11) is 0. The number of carbonyl (C=O) groups is 1. The van der Waals surface area contributed by atoms with E-state index in [1.54, 1.807) is 42.5 Å². The average molecular weight is 336 g/mol. The molecule has 3 nitrogen and oxygen atoms in total. The van der Waals surface area contributed by atoms with Gasteiger partial charge in [-0.3, -0.25) is 9.69 Å². The molecule has 0 aromatic heterocycles. The molecule has 0 saturated carbocycles. The van der Waals surface area contributed by atoms with Crippen LogP contribution in [0.25, 0.3) is 0 Å². The van der Waals surface area contributed by atoms with Crippen molar-refractivity contribution in [2.45, 2.75) is 6.04 Å². The highest BCUT2D eigenvalue weighted by Crippen LogP contribution is 2.41. The number of anilines is 3. The molecule has 1 atom stereocenters. The molecule has 1 aliphatic rings. The van der Waals surface area contributed by atoms with Crippen LogP contribution in [0.1, 0.15) is 11.6 Å². The van der Waals surface area contributed by atoms with E-state index in [1.807, 2.05) is 12.1 Å². The van der Waals surface area contributed by atoms with Crippen LogP contribution in [0.5, 0.6) is 0 Å². The number of para-hydroxylation sites is 3. The molecule has 1 amide bonds. The van der Waals surface area contributed by atoms with Crippen molar-refractivity contribution in [2.75, 3.05) is 10.2 Å². The van der Waals surface area contributed by atoms with E-state index in [1.165, 1.54) is 23.1 Å².